The van der Waals surface area contributed by atoms with E-state index in [9.17, 15) is 15.0 Å². The largest absolute Gasteiger partial charge is 0.504 e. The lowest BCUT2D eigenvalue weighted by molar-refractivity contribution is 0.0683. The quantitative estimate of drug-likeness (QED) is 0.761. The second-order valence-corrected chi connectivity index (χ2v) is 5.34. The van der Waals surface area contributed by atoms with Crippen LogP contribution in [0.25, 0.3) is 0 Å². The second kappa shape index (κ2) is 5.60. The highest BCUT2D eigenvalue weighted by molar-refractivity contribution is 6.01. The van der Waals surface area contributed by atoms with Crippen molar-refractivity contribution in [3.05, 3.63) is 53.6 Å². The van der Waals surface area contributed by atoms with E-state index < -0.39 is 0 Å². The number of para-hydroxylation sites is 1. The van der Waals surface area contributed by atoms with Crippen LogP contribution in [-0.4, -0.2) is 27.6 Å². The van der Waals surface area contributed by atoms with E-state index in [0.717, 1.165) is 17.7 Å². The number of hydrogen-bond acceptors (Lipinski definition) is 4. The molecule has 1 atom stereocenters. The molecule has 0 radical (unpaired) electrons. The number of carbonyl (C=O) groups is 1. The maximum Gasteiger partial charge on any atom is 0.257 e. The monoisotopic (exact) mass is 298 g/mol. The van der Waals surface area contributed by atoms with E-state index in [2.05, 4.69) is 5.32 Å². The molecule has 3 N–H and O–H groups in total. The van der Waals surface area contributed by atoms with Crippen molar-refractivity contribution in [2.75, 3.05) is 11.9 Å². The van der Waals surface area contributed by atoms with Crippen molar-refractivity contribution in [2.45, 2.75) is 19.5 Å². The van der Waals surface area contributed by atoms with Gasteiger partial charge in [0.1, 0.15) is 6.17 Å². The summed E-state index contributed by atoms with van der Waals surface area (Å²) in [7, 11) is 0. The average Bonchev–Trinajstić information content (AvgIpc) is 2.53. The molecule has 0 saturated carbocycles. The fraction of sp³-hybridized carbons (Fsp3) is 0.235. The van der Waals surface area contributed by atoms with Gasteiger partial charge in [0, 0.05) is 12.2 Å². The molecule has 2 aromatic rings. The minimum Gasteiger partial charge on any atom is -0.504 e. The van der Waals surface area contributed by atoms with Crippen molar-refractivity contribution < 1.29 is 15.0 Å². The van der Waals surface area contributed by atoms with Crippen molar-refractivity contribution in [2.24, 2.45) is 0 Å². The van der Waals surface area contributed by atoms with E-state index in [4.69, 9.17) is 0 Å². The highest BCUT2D eigenvalue weighted by atomic mass is 16.3. The predicted molar refractivity (Wildman–Crippen MR) is 83.9 cm³/mol. The van der Waals surface area contributed by atoms with Crippen molar-refractivity contribution in [3.8, 4) is 11.5 Å². The number of aromatic hydroxyl groups is 2. The number of phenolic OH excluding ortho intramolecular Hbond substituents is 2. The molecule has 0 saturated heterocycles. The van der Waals surface area contributed by atoms with Crippen molar-refractivity contribution >= 4 is 11.6 Å². The summed E-state index contributed by atoms with van der Waals surface area (Å²) in [6, 6.07) is 12.0. The molecular formula is C17H18N2O3. The molecule has 2 aromatic carbocycles. The zero-order valence-corrected chi connectivity index (χ0v) is 12.3. The number of hydrogen-bond donors (Lipinski definition) is 3. The van der Waals surface area contributed by atoms with E-state index in [0.29, 0.717) is 12.1 Å². The van der Waals surface area contributed by atoms with Gasteiger partial charge in [-0.1, -0.05) is 25.1 Å². The maximum absolute atomic E-state index is 12.7. The molecule has 0 aromatic heterocycles. The summed E-state index contributed by atoms with van der Waals surface area (Å²) in [5, 5.41) is 22.5. The Hall–Kier alpha value is -2.69. The van der Waals surface area contributed by atoms with Gasteiger partial charge in [-0.15, -0.1) is 0 Å². The first kappa shape index (κ1) is 14.3. The highest BCUT2D eigenvalue weighted by Gasteiger charge is 2.32. The molecule has 0 unspecified atom stereocenters. The predicted octanol–water partition coefficient (Wildman–Crippen LogP) is 3.07. The number of amides is 1. The summed E-state index contributed by atoms with van der Waals surface area (Å²) < 4.78 is 0. The minimum absolute atomic E-state index is 0.0336. The number of rotatable bonds is 3. The Kier molecular flexibility index (Phi) is 3.63. The average molecular weight is 298 g/mol. The van der Waals surface area contributed by atoms with Crippen LogP contribution in [0.15, 0.2) is 42.5 Å². The molecule has 1 aliphatic heterocycles. The zero-order chi connectivity index (χ0) is 15.7. The van der Waals surface area contributed by atoms with Gasteiger partial charge in [0.15, 0.2) is 11.5 Å². The van der Waals surface area contributed by atoms with Crippen molar-refractivity contribution in [3.63, 3.8) is 0 Å². The molecule has 1 heterocycles. The number of nitrogens with zero attached hydrogens (tertiary/aromatic N) is 1. The van der Waals surface area contributed by atoms with Gasteiger partial charge in [-0.3, -0.25) is 4.79 Å². The smallest absolute Gasteiger partial charge is 0.257 e. The van der Waals surface area contributed by atoms with Crippen LogP contribution >= 0.6 is 0 Å². The van der Waals surface area contributed by atoms with Gasteiger partial charge >= 0.3 is 0 Å². The number of benzene rings is 2. The molecule has 0 bridgehead atoms. The Balaban J connectivity index is 2.05. The molecule has 5 heteroatoms. The topological polar surface area (TPSA) is 72.8 Å². The molecule has 0 spiro atoms. The number of phenols is 2. The second-order valence-electron chi connectivity index (χ2n) is 5.34. The van der Waals surface area contributed by atoms with Crippen molar-refractivity contribution in [1.82, 2.24) is 4.90 Å². The van der Waals surface area contributed by atoms with Gasteiger partial charge < -0.3 is 20.4 Å². The maximum atomic E-state index is 12.7. The lowest BCUT2D eigenvalue weighted by atomic mass is 10.0. The van der Waals surface area contributed by atoms with Crippen molar-refractivity contribution in [1.29, 1.82) is 0 Å². The third kappa shape index (κ3) is 2.35. The van der Waals surface area contributed by atoms with Crippen LogP contribution in [0.2, 0.25) is 0 Å². The number of carbonyl (C=O) groups excluding carboxylic acids is 1. The Morgan fingerprint density at radius 3 is 2.64 bits per heavy atom. The van der Waals surface area contributed by atoms with E-state index in [1.54, 1.807) is 17.0 Å². The Morgan fingerprint density at radius 1 is 1.14 bits per heavy atom. The Morgan fingerprint density at radius 2 is 1.91 bits per heavy atom. The molecule has 1 amide bonds. The van der Waals surface area contributed by atoms with Crippen LogP contribution in [0, 0.1) is 0 Å². The molecule has 114 valence electrons. The van der Waals surface area contributed by atoms with Crippen LogP contribution < -0.4 is 5.32 Å². The molecule has 22 heavy (non-hydrogen) atoms. The first-order valence-electron chi connectivity index (χ1n) is 7.30. The van der Waals surface area contributed by atoms with Crippen LogP contribution in [0.5, 0.6) is 11.5 Å². The summed E-state index contributed by atoms with van der Waals surface area (Å²) >= 11 is 0. The molecule has 0 aliphatic carbocycles. The van der Waals surface area contributed by atoms with E-state index >= 15 is 0 Å². The zero-order valence-electron chi connectivity index (χ0n) is 12.3. The van der Waals surface area contributed by atoms with Gasteiger partial charge in [0.2, 0.25) is 0 Å². The van der Waals surface area contributed by atoms with Gasteiger partial charge in [-0.2, -0.15) is 0 Å². The summed E-state index contributed by atoms with van der Waals surface area (Å²) in [4.78, 5) is 14.5. The van der Waals surface area contributed by atoms with E-state index in [1.165, 1.54) is 12.1 Å². The van der Waals surface area contributed by atoms with Gasteiger partial charge in [-0.25, -0.2) is 0 Å². The first-order chi connectivity index (χ1) is 10.6. The lowest BCUT2D eigenvalue weighted by Crippen LogP contribution is -2.43. The van der Waals surface area contributed by atoms with Gasteiger partial charge in [-0.05, 0) is 36.2 Å². The van der Waals surface area contributed by atoms with E-state index in [1.807, 2.05) is 25.1 Å². The molecule has 5 nitrogen and oxygen atoms in total. The van der Waals surface area contributed by atoms with Crippen LogP contribution in [0.4, 0.5) is 5.69 Å². The summed E-state index contributed by atoms with van der Waals surface area (Å²) in [6.07, 6.45) is 0.463. The number of anilines is 1. The first-order valence-corrected chi connectivity index (χ1v) is 7.30. The SMILES string of the molecule is CCCN1C(=O)c2ccccc2N[C@@H]1c1ccc(O)c(O)c1. The van der Waals surface area contributed by atoms with E-state index in [-0.39, 0.29) is 23.6 Å². The highest BCUT2D eigenvalue weighted by Crippen LogP contribution is 2.35. The molecule has 0 fully saturated rings. The normalized spacial score (nSPS) is 17.0. The molecule has 3 rings (SSSR count). The summed E-state index contributed by atoms with van der Waals surface area (Å²) in [5.41, 5.74) is 2.15. The molecule has 1 aliphatic rings. The van der Waals surface area contributed by atoms with Crippen LogP contribution in [-0.2, 0) is 0 Å². The number of nitrogens with one attached hydrogen (secondary N) is 1. The van der Waals surface area contributed by atoms with Gasteiger partial charge in [0.05, 0.1) is 5.56 Å². The van der Waals surface area contributed by atoms with Gasteiger partial charge in [0.25, 0.3) is 5.91 Å². The minimum atomic E-state index is -0.367. The van der Waals surface area contributed by atoms with Crippen LogP contribution in [0.1, 0.15) is 35.4 Å². The standard InChI is InChI=1S/C17H18N2O3/c1-2-9-19-16(11-7-8-14(20)15(21)10-11)18-13-6-4-3-5-12(13)17(19)22/h3-8,10,16,18,20-21H,2,9H2,1H3/t16-/m0/s1. The third-order valence-electron chi connectivity index (χ3n) is 3.80. The lowest BCUT2D eigenvalue weighted by Gasteiger charge is -2.38. The third-order valence-corrected chi connectivity index (χ3v) is 3.80. The Bertz CT molecular complexity index is 715. The fourth-order valence-electron chi connectivity index (χ4n) is 2.74. The summed E-state index contributed by atoms with van der Waals surface area (Å²) in [5.74, 6) is -0.399. The fourth-order valence-corrected chi connectivity index (χ4v) is 2.74. The summed E-state index contributed by atoms with van der Waals surface area (Å²) in [6.45, 7) is 2.62. The Labute approximate surface area is 128 Å². The molecular weight excluding hydrogens is 280 g/mol. The number of fused-ring (bicyclic) bond motifs is 1. The van der Waals surface area contributed by atoms with Crippen LogP contribution in [0.3, 0.4) is 0 Å².